The molecule has 0 aliphatic carbocycles. The number of aromatic nitrogens is 3. The molecule has 2 aromatic rings. The fourth-order valence-corrected chi connectivity index (χ4v) is 9.22. The number of hydrogen-bond donors (Lipinski definition) is 4. The highest BCUT2D eigenvalue weighted by Crippen LogP contribution is 2.40. The smallest absolute Gasteiger partial charge is 0.410 e. The molecule has 5 rings (SSSR count). The molecule has 17 nitrogen and oxygen atoms in total. The number of ketones is 1. The minimum absolute atomic E-state index is 0.265. The number of unbranched alkanes of at least 4 members (excludes halogenated alkanes) is 1. The number of ether oxygens (including phenoxy) is 5. The van der Waals surface area contributed by atoms with Gasteiger partial charge in [-0.2, -0.15) is 0 Å². The van der Waals surface area contributed by atoms with Crippen molar-refractivity contribution in [2.24, 2.45) is 11.8 Å². The van der Waals surface area contributed by atoms with Crippen molar-refractivity contribution in [3.8, 4) is 11.3 Å². The maximum Gasteiger partial charge on any atom is 0.410 e. The van der Waals surface area contributed by atoms with Crippen LogP contribution in [0.3, 0.4) is 0 Å². The van der Waals surface area contributed by atoms with Crippen LogP contribution in [-0.4, -0.2) is 158 Å². The van der Waals surface area contributed by atoms with Crippen LogP contribution in [0.2, 0.25) is 0 Å². The Morgan fingerprint density at radius 2 is 1.76 bits per heavy atom. The zero-order valence-electron chi connectivity index (χ0n) is 35.5. The van der Waals surface area contributed by atoms with Gasteiger partial charge in [0.2, 0.25) is 0 Å². The second-order valence-electron chi connectivity index (χ2n) is 16.8. The molecule has 5 heterocycles. The van der Waals surface area contributed by atoms with E-state index in [9.17, 15) is 29.7 Å². The summed E-state index contributed by atoms with van der Waals surface area (Å²) in [4.78, 5) is 54.0. The lowest BCUT2D eigenvalue weighted by molar-refractivity contribution is -0.350. The Morgan fingerprint density at radius 3 is 2.40 bits per heavy atom. The summed E-state index contributed by atoms with van der Waals surface area (Å²) in [5, 5.41) is 36.2. The topological polar surface area (TPSA) is 207 Å². The molecule has 2 aromatic heterocycles. The van der Waals surface area contributed by atoms with E-state index in [1.165, 1.54) is 14.0 Å². The highest BCUT2D eigenvalue weighted by molar-refractivity contribution is 6.00. The van der Waals surface area contributed by atoms with E-state index < -0.39 is 96.0 Å². The number of aryl methyl sites for hydroxylation is 1. The van der Waals surface area contributed by atoms with E-state index in [1.807, 2.05) is 43.7 Å². The van der Waals surface area contributed by atoms with Gasteiger partial charge in [0.05, 0.1) is 35.8 Å². The number of Topliss-reactive ketones (excluding diaryl/α,β-unsaturated/α-hetero) is 1. The Kier molecular flexibility index (Phi) is 14.8. The molecule has 3 aliphatic heterocycles. The number of pyridine rings is 1. The number of amides is 1. The van der Waals surface area contributed by atoms with Crippen molar-refractivity contribution in [3.63, 3.8) is 0 Å². The summed E-state index contributed by atoms with van der Waals surface area (Å²) in [6.45, 7) is 13.5. The summed E-state index contributed by atoms with van der Waals surface area (Å²) in [6.07, 6.45) is 0.658. The van der Waals surface area contributed by atoms with Crippen molar-refractivity contribution in [2.45, 2.75) is 153 Å². The SMILES string of the molecule is CC[C@@H]1OC(=O)[C@H](C)C(=O)[C@H](C)[C@@H](O[C@@H]2O[C@H](O)[C@H](O)[C@H](N(C)C)[C@@H]2O)[C@@](C)(OC)C[C@@H](C)N[C@@H](C)[C@H]2N(CCCCn3cnc(-c4cccnc4)c3)C(=O)O[C@]12C. The van der Waals surface area contributed by atoms with Crippen LogP contribution >= 0.6 is 0 Å². The summed E-state index contributed by atoms with van der Waals surface area (Å²) in [6, 6.07) is 1.57. The Labute approximate surface area is 341 Å². The lowest BCUT2D eigenvalue weighted by atomic mass is 9.78. The number of esters is 1. The Hall–Kier alpha value is -3.55. The lowest BCUT2D eigenvalue weighted by Crippen LogP contribution is -2.65. The summed E-state index contributed by atoms with van der Waals surface area (Å²) in [7, 11) is 4.77. The third-order valence-electron chi connectivity index (χ3n) is 12.3. The first-order valence-corrected chi connectivity index (χ1v) is 20.4. The van der Waals surface area contributed by atoms with E-state index in [0.29, 0.717) is 25.9 Å². The van der Waals surface area contributed by atoms with Gasteiger partial charge < -0.3 is 53.8 Å². The molecule has 58 heavy (non-hydrogen) atoms. The molecule has 0 bridgehead atoms. The zero-order valence-corrected chi connectivity index (χ0v) is 35.5. The number of nitrogens with zero attached hydrogens (tertiary/aromatic N) is 5. The van der Waals surface area contributed by atoms with Gasteiger partial charge in [-0.05, 0) is 86.5 Å². The minimum Gasteiger partial charge on any atom is -0.458 e. The van der Waals surface area contributed by atoms with E-state index in [-0.39, 0.29) is 12.5 Å². The van der Waals surface area contributed by atoms with Gasteiger partial charge in [-0.3, -0.25) is 19.5 Å². The molecule has 4 N–H and O–H groups in total. The number of aliphatic hydroxyl groups is 3. The molecule has 17 heteroatoms. The quantitative estimate of drug-likeness (QED) is 0.146. The standard InChI is InChI=1S/C41H64N6O11/c1-11-29-41(7)34(47(39(53)58-41)18-13-12-17-46-21-28(43-22-46)27-15-14-16-42-20-27)26(5)44-23(2)19-40(6,54-10)35(24(3)31(48)25(4)36(51)55-29)56-38-33(50)30(45(8)9)32(49)37(52)57-38/h14-16,20-26,29-30,32-35,37-38,44,49-50,52H,11-13,17-19H2,1-10H3/t23-,24+,25-,26+,29+,30+,32-,33+,34-,35-,37+,38-,40+,41-/m1/s1. The highest BCUT2D eigenvalue weighted by Gasteiger charge is 2.59. The van der Waals surface area contributed by atoms with E-state index in [4.69, 9.17) is 23.7 Å². The third kappa shape index (κ3) is 9.41. The normalized spacial score (nSPS) is 38.0. The number of methoxy groups -OCH3 is 1. The van der Waals surface area contributed by atoms with Crippen LogP contribution in [0.15, 0.2) is 37.1 Å². The second kappa shape index (κ2) is 18.8. The zero-order chi connectivity index (χ0) is 42.7. The summed E-state index contributed by atoms with van der Waals surface area (Å²) in [5.74, 6) is -3.56. The molecule has 14 atom stereocenters. The van der Waals surface area contributed by atoms with Gasteiger partial charge in [0.25, 0.3) is 0 Å². The van der Waals surface area contributed by atoms with Crippen molar-refractivity contribution >= 4 is 17.8 Å². The lowest BCUT2D eigenvalue weighted by Gasteiger charge is -2.48. The number of likely N-dealkylation sites (N-methyl/N-ethyl adjacent to an activating group) is 1. The van der Waals surface area contributed by atoms with E-state index in [1.54, 1.807) is 63.4 Å². The first-order chi connectivity index (χ1) is 27.4. The van der Waals surface area contributed by atoms with Crippen molar-refractivity contribution in [2.75, 3.05) is 27.7 Å². The molecule has 3 saturated heterocycles. The van der Waals surface area contributed by atoms with Gasteiger partial charge in [0, 0.05) is 62.4 Å². The molecule has 0 unspecified atom stereocenters. The first-order valence-electron chi connectivity index (χ1n) is 20.4. The number of carbonyl (C=O) groups is 3. The Bertz CT molecular complexity index is 1700. The molecule has 3 aliphatic rings. The first kappa shape index (κ1) is 45.5. The van der Waals surface area contributed by atoms with Gasteiger partial charge >= 0.3 is 12.1 Å². The number of fused-ring (bicyclic) bond motifs is 1. The summed E-state index contributed by atoms with van der Waals surface area (Å²) in [5.41, 5.74) is -0.763. The molecular weight excluding hydrogens is 752 g/mol. The Morgan fingerprint density at radius 1 is 1.05 bits per heavy atom. The summed E-state index contributed by atoms with van der Waals surface area (Å²) < 4.78 is 32.5. The van der Waals surface area contributed by atoms with Gasteiger partial charge in [-0.25, -0.2) is 9.78 Å². The predicted octanol–water partition coefficient (Wildman–Crippen LogP) is 2.36. The van der Waals surface area contributed by atoms with Gasteiger partial charge in [0.15, 0.2) is 24.0 Å². The fourth-order valence-electron chi connectivity index (χ4n) is 9.22. The molecular formula is C41H64N6O11. The van der Waals surface area contributed by atoms with Crippen molar-refractivity contribution in [3.05, 3.63) is 37.1 Å². The Balaban J connectivity index is 1.41. The van der Waals surface area contributed by atoms with Crippen LogP contribution in [0.5, 0.6) is 0 Å². The monoisotopic (exact) mass is 816 g/mol. The highest BCUT2D eigenvalue weighted by atomic mass is 16.8. The number of rotatable bonds is 11. The number of carbonyl (C=O) groups excluding carboxylic acids is 3. The fraction of sp³-hybridized carbons (Fsp3) is 0.732. The van der Waals surface area contributed by atoms with Crippen molar-refractivity contribution < 1.29 is 53.4 Å². The van der Waals surface area contributed by atoms with Gasteiger partial charge in [-0.15, -0.1) is 0 Å². The number of cyclic esters (lactones) is 1. The predicted molar refractivity (Wildman–Crippen MR) is 211 cm³/mol. The van der Waals surface area contributed by atoms with Crippen LogP contribution in [0.1, 0.15) is 74.1 Å². The van der Waals surface area contributed by atoms with Crippen LogP contribution in [0.25, 0.3) is 11.3 Å². The number of imidazole rings is 1. The molecule has 0 saturated carbocycles. The average molecular weight is 817 g/mol. The molecule has 324 valence electrons. The van der Waals surface area contributed by atoms with Gasteiger partial charge in [0.1, 0.15) is 24.2 Å². The van der Waals surface area contributed by atoms with Crippen molar-refractivity contribution in [1.82, 2.24) is 29.7 Å². The average Bonchev–Trinajstić information content (AvgIpc) is 3.76. The summed E-state index contributed by atoms with van der Waals surface area (Å²) >= 11 is 0. The molecule has 1 amide bonds. The number of nitrogens with one attached hydrogen (secondary N) is 1. The van der Waals surface area contributed by atoms with Crippen LogP contribution in [-0.2, 0) is 39.8 Å². The van der Waals surface area contributed by atoms with Gasteiger partial charge in [-0.1, -0.05) is 13.8 Å². The van der Waals surface area contributed by atoms with E-state index in [2.05, 4.69) is 15.3 Å². The largest absolute Gasteiger partial charge is 0.458 e. The van der Waals surface area contributed by atoms with Crippen molar-refractivity contribution in [1.29, 1.82) is 0 Å². The molecule has 0 radical (unpaired) electrons. The molecule has 0 aromatic carbocycles. The van der Waals surface area contributed by atoms with E-state index in [0.717, 1.165) is 17.7 Å². The van der Waals surface area contributed by atoms with Crippen LogP contribution in [0, 0.1) is 11.8 Å². The molecule has 3 fully saturated rings. The number of hydrogen-bond acceptors (Lipinski definition) is 15. The minimum atomic E-state index is -1.69. The maximum absolute atomic E-state index is 14.3. The van der Waals surface area contributed by atoms with Crippen LogP contribution < -0.4 is 5.32 Å². The maximum atomic E-state index is 14.3. The third-order valence-corrected chi connectivity index (χ3v) is 12.3. The van der Waals surface area contributed by atoms with Crippen LogP contribution in [0.4, 0.5) is 4.79 Å². The second-order valence-corrected chi connectivity index (χ2v) is 16.8. The number of aliphatic hydroxyl groups excluding tert-OH is 3. The molecule has 0 spiro atoms. The van der Waals surface area contributed by atoms with E-state index >= 15 is 0 Å².